The summed E-state index contributed by atoms with van der Waals surface area (Å²) in [6.07, 6.45) is 2.27. The highest BCUT2D eigenvalue weighted by atomic mass is 16.5. The molecule has 1 aliphatic heterocycles. The maximum absolute atomic E-state index is 5.62. The Bertz CT molecular complexity index is 327. The summed E-state index contributed by atoms with van der Waals surface area (Å²) in [4.78, 5) is 0. The Labute approximate surface area is 95.6 Å². The number of nitrogens with zero attached hydrogens (tertiary/aromatic N) is 2. The molecule has 0 aromatic carbocycles. The van der Waals surface area contributed by atoms with Crippen LogP contribution in [0.2, 0.25) is 0 Å². The summed E-state index contributed by atoms with van der Waals surface area (Å²) >= 11 is 0. The van der Waals surface area contributed by atoms with E-state index in [9.17, 15) is 0 Å². The van der Waals surface area contributed by atoms with E-state index in [1.165, 1.54) is 0 Å². The summed E-state index contributed by atoms with van der Waals surface area (Å²) in [5, 5.41) is 11.4. The van der Waals surface area contributed by atoms with Gasteiger partial charge in [-0.15, -0.1) is 10.2 Å². The van der Waals surface area contributed by atoms with Gasteiger partial charge in [0.1, 0.15) is 0 Å². The van der Waals surface area contributed by atoms with Crippen LogP contribution in [0.25, 0.3) is 0 Å². The average molecular weight is 225 g/mol. The van der Waals surface area contributed by atoms with Crippen molar-refractivity contribution in [3.05, 3.63) is 11.8 Å². The third-order valence-electron chi connectivity index (χ3n) is 2.88. The van der Waals surface area contributed by atoms with Crippen LogP contribution in [0.15, 0.2) is 4.42 Å². The summed E-state index contributed by atoms with van der Waals surface area (Å²) in [6.45, 7) is 6.60. The number of nitrogens with one attached hydrogen (secondary N) is 1. The largest absolute Gasteiger partial charge is 0.423 e. The molecule has 0 bridgehead atoms. The van der Waals surface area contributed by atoms with Crippen molar-refractivity contribution in [3.63, 3.8) is 0 Å². The van der Waals surface area contributed by atoms with E-state index in [2.05, 4.69) is 29.4 Å². The third-order valence-corrected chi connectivity index (χ3v) is 2.88. The van der Waals surface area contributed by atoms with Crippen LogP contribution in [0.1, 0.15) is 44.4 Å². The number of rotatable bonds is 5. The first-order chi connectivity index (χ1) is 7.81. The molecule has 2 rings (SSSR count). The van der Waals surface area contributed by atoms with E-state index >= 15 is 0 Å². The smallest absolute Gasteiger partial charge is 0.230 e. The predicted molar refractivity (Wildman–Crippen MR) is 59.1 cm³/mol. The first-order valence-corrected chi connectivity index (χ1v) is 5.96. The van der Waals surface area contributed by atoms with Crippen LogP contribution in [0.3, 0.4) is 0 Å². The molecule has 2 atom stereocenters. The van der Waals surface area contributed by atoms with Crippen LogP contribution in [0.5, 0.6) is 0 Å². The van der Waals surface area contributed by atoms with Crippen LogP contribution in [0, 0.1) is 0 Å². The molecule has 1 aliphatic rings. The quantitative estimate of drug-likeness (QED) is 0.769. The maximum Gasteiger partial charge on any atom is 0.230 e. The molecule has 2 unspecified atom stereocenters. The molecule has 2 heterocycles. The Morgan fingerprint density at radius 1 is 1.44 bits per heavy atom. The van der Waals surface area contributed by atoms with Crippen molar-refractivity contribution < 1.29 is 9.15 Å². The van der Waals surface area contributed by atoms with Gasteiger partial charge in [-0.3, -0.25) is 0 Å². The van der Waals surface area contributed by atoms with Gasteiger partial charge in [0.15, 0.2) is 0 Å². The van der Waals surface area contributed by atoms with Crippen LogP contribution in [-0.2, 0) is 11.3 Å². The molecule has 0 saturated carbocycles. The van der Waals surface area contributed by atoms with Gasteiger partial charge in [0.05, 0.1) is 18.6 Å². The second-order valence-corrected chi connectivity index (χ2v) is 4.18. The SMILES string of the molecule is CCCNCc1nnc(C2CCOC2C)o1. The fourth-order valence-corrected chi connectivity index (χ4v) is 1.92. The highest BCUT2D eigenvalue weighted by Crippen LogP contribution is 2.29. The van der Waals surface area contributed by atoms with Gasteiger partial charge in [0.25, 0.3) is 0 Å². The first kappa shape index (κ1) is 11.5. The van der Waals surface area contributed by atoms with Gasteiger partial charge in [0, 0.05) is 6.61 Å². The van der Waals surface area contributed by atoms with Crippen LogP contribution in [-0.4, -0.2) is 29.5 Å². The van der Waals surface area contributed by atoms with E-state index in [-0.39, 0.29) is 12.0 Å². The molecule has 1 aromatic heterocycles. The first-order valence-electron chi connectivity index (χ1n) is 5.96. The highest BCUT2D eigenvalue weighted by Gasteiger charge is 2.30. The molecule has 1 fully saturated rings. The van der Waals surface area contributed by atoms with Gasteiger partial charge in [-0.1, -0.05) is 6.92 Å². The van der Waals surface area contributed by atoms with Crippen LogP contribution < -0.4 is 5.32 Å². The molecule has 5 heteroatoms. The lowest BCUT2D eigenvalue weighted by Gasteiger charge is -2.08. The zero-order chi connectivity index (χ0) is 11.4. The van der Waals surface area contributed by atoms with Gasteiger partial charge in [-0.05, 0) is 26.3 Å². The molecular formula is C11H19N3O2. The minimum absolute atomic E-state index is 0.192. The number of aromatic nitrogens is 2. The molecule has 0 aliphatic carbocycles. The van der Waals surface area contributed by atoms with Gasteiger partial charge >= 0.3 is 0 Å². The second-order valence-electron chi connectivity index (χ2n) is 4.18. The Morgan fingerprint density at radius 3 is 3.00 bits per heavy atom. The Hall–Kier alpha value is -0.940. The van der Waals surface area contributed by atoms with Crippen molar-refractivity contribution in [1.82, 2.24) is 15.5 Å². The minimum atomic E-state index is 0.192. The van der Waals surface area contributed by atoms with Gasteiger partial charge < -0.3 is 14.5 Å². The third kappa shape index (κ3) is 2.59. The zero-order valence-electron chi connectivity index (χ0n) is 9.90. The van der Waals surface area contributed by atoms with Gasteiger partial charge in [0.2, 0.25) is 11.8 Å². The Morgan fingerprint density at radius 2 is 2.31 bits per heavy atom. The lowest BCUT2D eigenvalue weighted by molar-refractivity contribution is 0.114. The van der Waals surface area contributed by atoms with E-state index in [4.69, 9.17) is 9.15 Å². The van der Waals surface area contributed by atoms with Crippen molar-refractivity contribution in [1.29, 1.82) is 0 Å². The molecule has 1 aromatic rings. The second kappa shape index (κ2) is 5.41. The van der Waals surface area contributed by atoms with E-state index in [0.717, 1.165) is 31.9 Å². The minimum Gasteiger partial charge on any atom is -0.423 e. The molecule has 0 radical (unpaired) electrons. The monoisotopic (exact) mass is 225 g/mol. The van der Waals surface area contributed by atoms with Gasteiger partial charge in [-0.25, -0.2) is 0 Å². The van der Waals surface area contributed by atoms with Crippen molar-refractivity contribution in [2.75, 3.05) is 13.2 Å². The number of ether oxygens (including phenoxy) is 1. The van der Waals surface area contributed by atoms with Crippen molar-refractivity contribution in [2.24, 2.45) is 0 Å². The van der Waals surface area contributed by atoms with E-state index in [1.54, 1.807) is 0 Å². The molecule has 0 spiro atoms. The summed E-state index contributed by atoms with van der Waals surface area (Å²) < 4.78 is 11.1. The lowest BCUT2D eigenvalue weighted by Crippen LogP contribution is -2.13. The molecule has 90 valence electrons. The van der Waals surface area contributed by atoms with Crippen LogP contribution in [0.4, 0.5) is 0 Å². The maximum atomic E-state index is 5.62. The summed E-state index contributed by atoms with van der Waals surface area (Å²) in [5.74, 6) is 1.66. The number of hydrogen-bond acceptors (Lipinski definition) is 5. The van der Waals surface area contributed by atoms with Crippen molar-refractivity contribution >= 4 is 0 Å². The van der Waals surface area contributed by atoms with E-state index in [1.807, 2.05) is 0 Å². The normalized spacial score (nSPS) is 25.1. The van der Waals surface area contributed by atoms with E-state index < -0.39 is 0 Å². The lowest BCUT2D eigenvalue weighted by atomic mass is 10.0. The molecule has 1 saturated heterocycles. The van der Waals surface area contributed by atoms with Crippen molar-refractivity contribution in [3.8, 4) is 0 Å². The summed E-state index contributed by atoms with van der Waals surface area (Å²) in [7, 11) is 0. The molecule has 16 heavy (non-hydrogen) atoms. The molecule has 5 nitrogen and oxygen atoms in total. The summed E-state index contributed by atoms with van der Waals surface area (Å²) in [6, 6.07) is 0. The molecule has 1 N–H and O–H groups in total. The topological polar surface area (TPSA) is 60.2 Å². The van der Waals surface area contributed by atoms with Crippen LogP contribution >= 0.6 is 0 Å². The van der Waals surface area contributed by atoms with Gasteiger partial charge in [-0.2, -0.15) is 0 Å². The predicted octanol–water partition coefficient (Wildman–Crippen LogP) is 1.46. The fraction of sp³-hybridized carbons (Fsp3) is 0.818. The fourth-order valence-electron chi connectivity index (χ4n) is 1.92. The average Bonchev–Trinajstić information content (AvgIpc) is 2.87. The highest BCUT2D eigenvalue weighted by molar-refractivity contribution is 4.97. The Kier molecular flexibility index (Phi) is 3.90. The molecular weight excluding hydrogens is 206 g/mol. The summed E-state index contributed by atoms with van der Waals surface area (Å²) in [5.41, 5.74) is 0. The van der Waals surface area contributed by atoms with E-state index in [0.29, 0.717) is 12.4 Å². The standard InChI is InChI=1S/C11H19N3O2/c1-3-5-12-7-10-13-14-11(16-10)9-4-6-15-8(9)2/h8-9,12H,3-7H2,1-2H3. The zero-order valence-corrected chi connectivity index (χ0v) is 9.90. The van der Waals surface area contributed by atoms with Crippen molar-refractivity contribution in [2.45, 2.75) is 45.3 Å². The Balaban J connectivity index is 1.91. The number of hydrogen-bond donors (Lipinski definition) is 1. The molecule has 0 amide bonds.